The zero-order valence-electron chi connectivity index (χ0n) is 19.9. The Morgan fingerprint density at radius 3 is 2.74 bits per heavy atom. The van der Waals surface area contributed by atoms with E-state index in [9.17, 15) is 19.5 Å². The number of β-lactam (4-membered cyclic amide) rings is 1. The molecule has 0 aromatic carbocycles. The summed E-state index contributed by atoms with van der Waals surface area (Å²) in [6, 6.07) is 8.45. The quantitative estimate of drug-likeness (QED) is 0.163. The van der Waals surface area contributed by atoms with Crippen LogP contribution in [0, 0.1) is 0 Å². The molecule has 2 aliphatic rings. The van der Waals surface area contributed by atoms with Crippen LogP contribution in [0.4, 0.5) is 5.13 Å². The lowest BCUT2D eigenvalue weighted by Gasteiger charge is -2.50. The maximum atomic E-state index is 13.0. The molecule has 1 saturated heterocycles. The molecule has 1 fully saturated rings. The Bertz CT molecular complexity index is 1460. The fourth-order valence-electron chi connectivity index (χ4n) is 4.18. The number of thiazole rings is 1. The van der Waals surface area contributed by atoms with Gasteiger partial charge in [-0.15, -0.1) is 23.1 Å². The number of nitrogens with two attached hydrogens (primary N) is 1. The molecule has 2 atom stereocenters. The number of hydrogen-bond donors (Lipinski definition) is 2. The maximum absolute atomic E-state index is 13.0. The van der Waals surface area contributed by atoms with Gasteiger partial charge in [-0.2, -0.15) is 0 Å². The second kappa shape index (κ2) is 10.6. The second-order valence-electron chi connectivity index (χ2n) is 8.27. The van der Waals surface area contributed by atoms with E-state index >= 15 is 0 Å². The van der Waals surface area contributed by atoms with E-state index in [0.717, 1.165) is 22.6 Å². The summed E-state index contributed by atoms with van der Waals surface area (Å²) < 4.78 is 1.82. The fourth-order valence-corrected chi connectivity index (χ4v) is 6.07. The van der Waals surface area contributed by atoms with Crippen molar-refractivity contribution in [3.05, 3.63) is 71.3 Å². The average Bonchev–Trinajstić information content (AvgIpc) is 3.36. The van der Waals surface area contributed by atoms with Crippen LogP contribution in [0.5, 0.6) is 0 Å². The first-order valence-electron chi connectivity index (χ1n) is 11.3. The predicted molar refractivity (Wildman–Crippen MR) is 137 cm³/mol. The molecule has 0 spiro atoms. The molecule has 194 valence electrons. The van der Waals surface area contributed by atoms with Gasteiger partial charge in [-0.05, 0) is 12.1 Å². The molecule has 2 aliphatic heterocycles. The van der Waals surface area contributed by atoms with Crippen molar-refractivity contribution < 1.29 is 28.9 Å². The van der Waals surface area contributed by atoms with Crippen molar-refractivity contribution in [3.63, 3.8) is 0 Å². The number of anilines is 1. The molecule has 0 radical (unpaired) electrons. The van der Waals surface area contributed by atoms with E-state index in [4.69, 9.17) is 10.6 Å². The number of carbonyl (C=O) groups excluding carboxylic acids is 3. The van der Waals surface area contributed by atoms with Crippen LogP contribution in [0.25, 0.3) is 11.3 Å². The molecule has 0 unspecified atom stereocenters. The lowest BCUT2D eigenvalue weighted by atomic mass is 10.0. The minimum atomic E-state index is -1.45. The zero-order chi connectivity index (χ0) is 26.8. The minimum absolute atomic E-state index is 0.144. The molecule has 2 amide bonds. The maximum Gasteiger partial charge on any atom is 0.276 e. The minimum Gasteiger partial charge on any atom is -0.543 e. The fraction of sp³-hybridized carbons (Fsp3) is 0.208. The van der Waals surface area contributed by atoms with Gasteiger partial charge >= 0.3 is 0 Å². The van der Waals surface area contributed by atoms with E-state index < -0.39 is 29.2 Å². The largest absolute Gasteiger partial charge is 0.543 e. The van der Waals surface area contributed by atoms with Crippen LogP contribution < -0.4 is 20.7 Å². The van der Waals surface area contributed by atoms with E-state index in [0.29, 0.717) is 11.3 Å². The Balaban J connectivity index is 1.32. The van der Waals surface area contributed by atoms with Crippen molar-refractivity contribution in [1.82, 2.24) is 20.2 Å². The standard InChI is InChI=1S/C24H21N7O5S2/c1-36-29-17(16-12-38-24(25)27-16)20(32)28-18-21(33)31-19(23(34)35)14(11-37-22(18)31)10-30-8-5-13(6-9-30)15-4-2-3-7-26-15/h2-9,12,18,22H,10-11H2,1H3,(H3-,25,27,28,32,34,35)/t18-,22+/m1/s1. The number of thioether (sulfide) groups is 1. The van der Waals surface area contributed by atoms with E-state index in [1.54, 1.807) is 11.6 Å². The summed E-state index contributed by atoms with van der Waals surface area (Å²) in [7, 11) is 1.28. The number of carbonyl (C=O) groups is 3. The number of carboxylic acids is 1. The normalized spacial score (nSPS) is 19.0. The number of carboxylic acid groups (broad SMARTS) is 1. The summed E-state index contributed by atoms with van der Waals surface area (Å²) in [5.74, 6) is -2.36. The number of rotatable bonds is 8. The molecular formula is C24H21N7O5S2. The van der Waals surface area contributed by atoms with Crippen LogP contribution in [-0.2, 0) is 25.8 Å². The first-order chi connectivity index (χ1) is 18.4. The third-order valence-electron chi connectivity index (χ3n) is 5.91. The van der Waals surface area contributed by atoms with Gasteiger partial charge in [0, 0.05) is 40.6 Å². The van der Waals surface area contributed by atoms with Gasteiger partial charge in [0.05, 0.1) is 17.4 Å². The number of nitrogen functional groups attached to an aromatic ring is 1. The molecule has 0 bridgehead atoms. The molecule has 38 heavy (non-hydrogen) atoms. The first-order valence-corrected chi connectivity index (χ1v) is 13.2. The first kappa shape index (κ1) is 25.4. The third kappa shape index (κ3) is 4.82. The summed E-state index contributed by atoms with van der Waals surface area (Å²) in [6.07, 6.45) is 5.36. The van der Waals surface area contributed by atoms with Crippen LogP contribution in [0.3, 0.4) is 0 Å². The van der Waals surface area contributed by atoms with Crippen molar-refractivity contribution in [2.75, 3.05) is 18.6 Å². The van der Waals surface area contributed by atoms with Crippen LogP contribution >= 0.6 is 23.1 Å². The molecule has 5 heterocycles. The summed E-state index contributed by atoms with van der Waals surface area (Å²) in [4.78, 5) is 52.3. The van der Waals surface area contributed by atoms with Crippen LogP contribution in [0.15, 0.2) is 70.7 Å². The molecule has 3 N–H and O–H groups in total. The summed E-state index contributed by atoms with van der Waals surface area (Å²) in [5.41, 5.74) is 7.80. The summed E-state index contributed by atoms with van der Waals surface area (Å²) >= 11 is 2.48. The Hall–Kier alpha value is -4.30. The van der Waals surface area contributed by atoms with E-state index in [1.165, 1.54) is 23.8 Å². The van der Waals surface area contributed by atoms with Gasteiger partial charge in [0.25, 0.3) is 11.8 Å². The Kier molecular flexibility index (Phi) is 7.07. The van der Waals surface area contributed by atoms with E-state index in [-0.39, 0.29) is 28.8 Å². The van der Waals surface area contributed by atoms with Crippen molar-refractivity contribution in [3.8, 4) is 11.3 Å². The van der Waals surface area contributed by atoms with Crippen LogP contribution in [0.2, 0.25) is 0 Å². The van der Waals surface area contributed by atoms with Crippen molar-refractivity contribution in [2.45, 2.75) is 18.0 Å². The van der Waals surface area contributed by atoms with Gasteiger partial charge in [-0.25, -0.2) is 9.55 Å². The number of oxime groups is 1. The van der Waals surface area contributed by atoms with Gasteiger partial charge in [-0.1, -0.05) is 11.2 Å². The zero-order valence-corrected chi connectivity index (χ0v) is 21.6. The van der Waals surface area contributed by atoms with Gasteiger partial charge < -0.3 is 25.8 Å². The number of hydrogen-bond acceptors (Lipinski definition) is 11. The molecule has 14 heteroatoms. The highest BCUT2D eigenvalue weighted by Crippen LogP contribution is 2.40. The second-order valence-corrected chi connectivity index (χ2v) is 10.3. The number of nitrogens with zero attached hydrogens (tertiary/aromatic N) is 5. The molecule has 12 nitrogen and oxygen atoms in total. The highest BCUT2D eigenvalue weighted by atomic mass is 32.2. The Morgan fingerprint density at radius 2 is 2.11 bits per heavy atom. The number of amides is 2. The average molecular weight is 552 g/mol. The van der Waals surface area contributed by atoms with Gasteiger partial charge in [0.15, 0.2) is 29.8 Å². The Labute approximate surface area is 224 Å². The van der Waals surface area contributed by atoms with Gasteiger partial charge in [-0.3, -0.25) is 19.5 Å². The summed E-state index contributed by atoms with van der Waals surface area (Å²) in [6.45, 7) is 0.252. The third-order valence-corrected chi connectivity index (χ3v) is 7.93. The molecular weight excluding hydrogens is 530 g/mol. The molecule has 0 saturated carbocycles. The molecule has 0 aliphatic carbocycles. The van der Waals surface area contributed by atoms with Crippen molar-refractivity contribution in [2.24, 2.45) is 5.16 Å². The van der Waals surface area contributed by atoms with E-state index in [1.807, 2.05) is 47.3 Å². The lowest BCUT2D eigenvalue weighted by molar-refractivity contribution is -0.689. The van der Waals surface area contributed by atoms with Crippen molar-refractivity contribution in [1.29, 1.82) is 0 Å². The highest BCUT2D eigenvalue weighted by molar-refractivity contribution is 8.00. The van der Waals surface area contributed by atoms with Crippen molar-refractivity contribution >= 4 is 51.7 Å². The number of aromatic nitrogens is 3. The van der Waals surface area contributed by atoms with Gasteiger partial charge in [0.1, 0.15) is 24.2 Å². The SMILES string of the molecule is CON=C(C(=O)N[C@@H]1C(=O)N2C(C(=O)[O-])=C(C[n+]3ccc(-c4ccccn4)cc3)CS[C@@H]12)c1csc(N)n1. The molecule has 3 aromatic heterocycles. The highest BCUT2D eigenvalue weighted by Gasteiger charge is 2.53. The van der Waals surface area contributed by atoms with Gasteiger partial charge in [0.2, 0.25) is 0 Å². The molecule has 3 aromatic rings. The molecule has 5 rings (SSSR count). The topological polar surface area (TPSA) is 167 Å². The lowest BCUT2D eigenvalue weighted by Crippen LogP contribution is -2.71. The number of fused-ring (bicyclic) bond motifs is 1. The van der Waals surface area contributed by atoms with Crippen LogP contribution in [0.1, 0.15) is 5.69 Å². The predicted octanol–water partition coefficient (Wildman–Crippen LogP) is -0.471. The number of pyridine rings is 2. The monoisotopic (exact) mass is 551 g/mol. The Morgan fingerprint density at radius 1 is 1.32 bits per heavy atom. The number of aliphatic carboxylic acids is 1. The summed E-state index contributed by atoms with van der Waals surface area (Å²) in [5, 5.41) is 19.6. The van der Waals surface area contributed by atoms with E-state index in [2.05, 4.69) is 20.4 Å². The number of nitrogens with one attached hydrogen (secondary N) is 1. The smallest absolute Gasteiger partial charge is 0.276 e. The van der Waals surface area contributed by atoms with Crippen LogP contribution in [-0.4, -0.2) is 62.6 Å².